The third-order valence-corrected chi connectivity index (χ3v) is 5.09. The second-order valence-electron chi connectivity index (χ2n) is 4.04. The fourth-order valence-electron chi connectivity index (χ4n) is 2.10. The zero-order chi connectivity index (χ0) is 10.1. The minimum Gasteiger partial charge on any atom is -0.297 e. The summed E-state index contributed by atoms with van der Waals surface area (Å²) < 4.78 is 2.12. The summed E-state index contributed by atoms with van der Waals surface area (Å²) in [6.07, 6.45) is 9.91. The second-order valence-corrected chi connectivity index (χ2v) is 6.20. The number of hydrogen-bond acceptors (Lipinski definition) is 3. The van der Waals surface area contributed by atoms with Crippen LogP contribution in [0.4, 0.5) is 0 Å². The van der Waals surface area contributed by atoms with E-state index in [1.807, 2.05) is 0 Å². The van der Waals surface area contributed by atoms with E-state index in [4.69, 9.17) is 0 Å². The molecule has 0 N–H and O–H groups in total. The van der Waals surface area contributed by atoms with Crippen molar-refractivity contribution in [2.75, 3.05) is 0 Å². The van der Waals surface area contributed by atoms with E-state index in [2.05, 4.69) is 38.9 Å². The number of imidazole rings is 1. The Balaban J connectivity index is 1.64. The number of nitrogens with zero attached hydrogens (tertiary/aromatic N) is 2. The van der Waals surface area contributed by atoms with Gasteiger partial charge in [0.05, 0.1) is 5.69 Å². The Morgan fingerprint density at radius 1 is 1.47 bits per heavy atom. The van der Waals surface area contributed by atoms with Crippen LogP contribution in [0.5, 0.6) is 0 Å². The Labute approximate surface area is 97.7 Å². The summed E-state index contributed by atoms with van der Waals surface area (Å²) in [5, 5.41) is 2.97. The normalized spacial score (nSPS) is 17.9. The van der Waals surface area contributed by atoms with Gasteiger partial charge < -0.3 is 0 Å². The number of fused-ring (bicyclic) bond motifs is 1. The van der Waals surface area contributed by atoms with E-state index in [1.54, 1.807) is 11.3 Å². The smallest absolute Gasteiger partial charge is 0.193 e. The van der Waals surface area contributed by atoms with Crippen molar-refractivity contribution in [3.63, 3.8) is 0 Å². The van der Waals surface area contributed by atoms with E-state index in [0.717, 1.165) is 16.0 Å². The number of thioether (sulfide) groups is 1. The standard InChI is InChI=1S/C11H14N2S2/c1-2-4-10(3-1)15-8-9-7-13-5-6-14-11(13)12-9/h5-7,10H,1-4,8H2. The van der Waals surface area contributed by atoms with Crippen LogP contribution >= 0.6 is 23.1 Å². The Morgan fingerprint density at radius 2 is 2.33 bits per heavy atom. The summed E-state index contributed by atoms with van der Waals surface area (Å²) in [7, 11) is 0. The summed E-state index contributed by atoms with van der Waals surface area (Å²) in [4.78, 5) is 5.72. The molecule has 4 heteroatoms. The van der Waals surface area contributed by atoms with E-state index in [9.17, 15) is 0 Å². The van der Waals surface area contributed by atoms with E-state index in [1.165, 1.54) is 31.4 Å². The van der Waals surface area contributed by atoms with Gasteiger partial charge in [-0.2, -0.15) is 11.8 Å². The van der Waals surface area contributed by atoms with E-state index in [-0.39, 0.29) is 0 Å². The molecule has 1 aliphatic rings. The Kier molecular flexibility index (Phi) is 2.71. The van der Waals surface area contributed by atoms with E-state index in [0.29, 0.717) is 0 Å². The summed E-state index contributed by atoms with van der Waals surface area (Å²) in [5.41, 5.74) is 1.23. The molecule has 3 rings (SSSR count). The highest BCUT2D eigenvalue weighted by Gasteiger charge is 2.15. The molecule has 0 amide bonds. The molecular formula is C11H14N2S2. The molecule has 0 aromatic carbocycles. The average molecular weight is 238 g/mol. The van der Waals surface area contributed by atoms with Gasteiger partial charge in [-0.05, 0) is 12.8 Å². The number of aromatic nitrogens is 2. The van der Waals surface area contributed by atoms with Crippen LogP contribution in [-0.2, 0) is 5.75 Å². The predicted octanol–water partition coefficient (Wildman–Crippen LogP) is 3.57. The first-order valence-electron chi connectivity index (χ1n) is 5.44. The zero-order valence-electron chi connectivity index (χ0n) is 8.56. The number of hydrogen-bond donors (Lipinski definition) is 0. The number of thiazole rings is 1. The molecule has 0 atom stereocenters. The lowest BCUT2D eigenvalue weighted by Crippen LogP contribution is -1.94. The highest BCUT2D eigenvalue weighted by Crippen LogP contribution is 2.31. The Hall–Kier alpha value is -0.480. The van der Waals surface area contributed by atoms with Crippen LogP contribution < -0.4 is 0 Å². The van der Waals surface area contributed by atoms with E-state index < -0.39 is 0 Å². The first-order chi connectivity index (χ1) is 7.42. The van der Waals surface area contributed by atoms with Gasteiger partial charge in [-0.1, -0.05) is 12.8 Å². The molecule has 2 aromatic heterocycles. The third-order valence-electron chi connectivity index (χ3n) is 2.91. The van der Waals surface area contributed by atoms with Crippen molar-refractivity contribution >= 4 is 28.1 Å². The van der Waals surface area contributed by atoms with Crippen LogP contribution in [0.3, 0.4) is 0 Å². The van der Waals surface area contributed by atoms with Gasteiger partial charge in [-0.3, -0.25) is 4.40 Å². The molecule has 2 aromatic rings. The SMILES string of the molecule is c1cn2cc(CSC3CCCC3)nc2s1. The fourth-order valence-corrected chi connectivity index (χ4v) is 4.04. The van der Waals surface area contributed by atoms with Gasteiger partial charge in [-0.15, -0.1) is 11.3 Å². The summed E-state index contributed by atoms with van der Waals surface area (Å²) in [6.45, 7) is 0. The molecule has 2 heterocycles. The predicted molar refractivity (Wildman–Crippen MR) is 66.6 cm³/mol. The average Bonchev–Trinajstić information content (AvgIpc) is 2.91. The molecule has 80 valence electrons. The second kappa shape index (κ2) is 4.18. The quantitative estimate of drug-likeness (QED) is 0.813. The molecule has 0 saturated heterocycles. The molecule has 2 nitrogen and oxygen atoms in total. The first-order valence-corrected chi connectivity index (χ1v) is 7.37. The Bertz CT molecular complexity index is 412. The lowest BCUT2D eigenvalue weighted by molar-refractivity contribution is 0.886. The van der Waals surface area contributed by atoms with Crippen molar-refractivity contribution in [2.45, 2.75) is 36.7 Å². The highest BCUT2D eigenvalue weighted by molar-refractivity contribution is 7.99. The Morgan fingerprint density at radius 3 is 3.13 bits per heavy atom. The molecule has 0 bridgehead atoms. The van der Waals surface area contributed by atoms with E-state index >= 15 is 0 Å². The third kappa shape index (κ3) is 2.06. The van der Waals surface area contributed by atoms with Gasteiger partial charge in [0, 0.05) is 28.8 Å². The molecule has 0 unspecified atom stereocenters. The lowest BCUT2D eigenvalue weighted by atomic mass is 10.4. The topological polar surface area (TPSA) is 17.3 Å². The van der Waals surface area contributed by atoms with Crippen molar-refractivity contribution in [3.8, 4) is 0 Å². The van der Waals surface area contributed by atoms with Crippen LogP contribution in [0.15, 0.2) is 17.8 Å². The molecular weight excluding hydrogens is 224 g/mol. The van der Waals surface area contributed by atoms with Gasteiger partial charge in [0.25, 0.3) is 0 Å². The minimum atomic E-state index is 0.893. The van der Waals surface area contributed by atoms with Crippen molar-refractivity contribution < 1.29 is 0 Å². The van der Waals surface area contributed by atoms with Gasteiger partial charge in [0.15, 0.2) is 4.96 Å². The van der Waals surface area contributed by atoms with Crippen LogP contribution in [-0.4, -0.2) is 14.6 Å². The maximum Gasteiger partial charge on any atom is 0.193 e. The van der Waals surface area contributed by atoms with Gasteiger partial charge in [0.1, 0.15) is 0 Å². The van der Waals surface area contributed by atoms with Crippen molar-refractivity contribution in [3.05, 3.63) is 23.5 Å². The lowest BCUT2D eigenvalue weighted by Gasteiger charge is -2.05. The van der Waals surface area contributed by atoms with Gasteiger partial charge in [0.2, 0.25) is 0 Å². The van der Waals surface area contributed by atoms with Crippen molar-refractivity contribution in [2.24, 2.45) is 0 Å². The van der Waals surface area contributed by atoms with Crippen LogP contribution in [0.25, 0.3) is 4.96 Å². The zero-order valence-corrected chi connectivity index (χ0v) is 10.2. The molecule has 1 fully saturated rings. The highest BCUT2D eigenvalue weighted by atomic mass is 32.2. The summed E-state index contributed by atoms with van der Waals surface area (Å²) in [5.74, 6) is 1.08. The fraction of sp³-hybridized carbons (Fsp3) is 0.545. The largest absolute Gasteiger partial charge is 0.297 e. The molecule has 1 aliphatic carbocycles. The van der Waals surface area contributed by atoms with Crippen LogP contribution in [0.2, 0.25) is 0 Å². The summed E-state index contributed by atoms with van der Waals surface area (Å²) >= 11 is 3.79. The van der Waals surface area contributed by atoms with Gasteiger partial charge in [-0.25, -0.2) is 4.98 Å². The maximum atomic E-state index is 4.59. The summed E-state index contributed by atoms with van der Waals surface area (Å²) in [6, 6.07) is 0. The maximum absolute atomic E-state index is 4.59. The molecule has 0 radical (unpaired) electrons. The molecule has 1 saturated carbocycles. The molecule has 0 spiro atoms. The van der Waals surface area contributed by atoms with Gasteiger partial charge >= 0.3 is 0 Å². The van der Waals surface area contributed by atoms with Crippen molar-refractivity contribution in [1.29, 1.82) is 0 Å². The van der Waals surface area contributed by atoms with Crippen LogP contribution in [0.1, 0.15) is 31.4 Å². The molecule has 0 aliphatic heterocycles. The number of rotatable bonds is 3. The monoisotopic (exact) mass is 238 g/mol. The minimum absolute atomic E-state index is 0.893. The van der Waals surface area contributed by atoms with Crippen molar-refractivity contribution in [1.82, 2.24) is 9.38 Å². The first kappa shape index (κ1) is 9.73. The molecule has 15 heavy (non-hydrogen) atoms. The van der Waals surface area contributed by atoms with Crippen LogP contribution in [0, 0.1) is 0 Å².